The van der Waals surface area contributed by atoms with Crippen molar-refractivity contribution in [3.05, 3.63) is 16.3 Å². The average molecular weight is 387 g/mol. The number of carboxylic acid groups (broad SMARTS) is 1. The molecule has 24 heavy (non-hydrogen) atoms. The SMILES string of the molecule is CC[C@H](C)c1nnc(SCC2=C(C(=O)O)N3C(=O)C(N)C3SC2)s1. The molecule has 0 aromatic carbocycles. The van der Waals surface area contributed by atoms with Crippen molar-refractivity contribution in [2.45, 2.75) is 41.9 Å². The predicted molar refractivity (Wildman–Crippen MR) is 95.1 cm³/mol. The van der Waals surface area contributed by atoms with Crippen LogP contribution in [0.25, 0.3) is 0 Å². The molecule has 1 saturated heterocycles. The van der Waals surface area contributed by atoms with Crippen molar-refractivity contribution >= 4 is 46.7 Å². The quantitative estimate of drug-likeness (QED) is 0.562. The second-order valence-electron chi connectivity index (χ2n) is 5.70. The molecule has 1 amide bonds. The molecule has 3 heterocycles. The van der Waals surface area contributed by atoms with Crippen molar-refractivity contribution in [1.29, 1.82) is 0 Å². The van der Waals surface area contributed by atoms with Crippen LogP contribution < -0.4 is 5.73 Å². The van der Waals surface area contributed by atoms with Crippen LogP contribution in [0.15, 0.2) is 15.6 Å². The third-order valence-corrected chi connectivity index (χ3v) is 7.85. The van der Waals surface area contributed by atoms with Crippen LogP contribution in [0.3, 0.4) is 0 Å². The Kier molecular flexibility index (Phi) is 5.19. The monoisotopic (exact) mass is 386 g/mol. The molecular weight excluding hydrogens is 368 g/mol. The van der Waals surface area contributed by atoms with Crippen LogP contribution in [-0.2, 0) is 9.59 Å². The summed E-state index contributed by atoms with van der Waals surface area (Å²) < 4.78 is 0.821. The van der Waals surface area contributed by atoms with Gasteiger partial charge in [-0.15, -0.1) is 22.0 Å². The lowest BCUT2D eigenvalue weighted by molar-refractivity contribution is -0.147. The number of amides is 1. The van der Waals surface area contributed by atoms with Gasteiger partial charge in [-0.3, -0.25) is 9.69 Å². The van der Waals surface area contributed by atoms with Crippen LogP contribution in [0.5, 0.6) is 0 Å². The van der Waals surface area contributed by atoms with Crippen LogP contribution in [0, 0.1) is 0 Å². The Bertz CT molecular complexity index is 705. The molecule has 0 radical (unpaired) electrons. The first kappa shape index (κ1) is 17.7. The van der Waals surface area contributed by atoms with Gasteiger partial charge in [-0.2, -0.15) is 0 Å². The van der Waals surface area contributed by atoms with E-state index >= 15 is 0 Å². The number of nitrogens with zero attached hydrogens (tertiary/aromatic N) is 3. The van der Waals surface area contributed by atoms with Crippen LogP contribution in [0.4, 0.5) is 0 Å². The summed E-state index contributed by atoms with van der Waals surface area (Å²) >= 11 is 4.53. The van der Waals surface area contributed by atoms with Crippen molar-refractivity contribution in [2.75, 3.05) is 11.5 Å². The molecule has 0 spiro atoms. The van der Waals surface area contributed by atoms with E-state index in [0.717, 1.165) is 21.3 Å². The molecule has 130 valence electrons. The van der Waals surface area contributed by atoms with E-state index in [2.05, 4.69) is 24.0 Å². The van der Waals surface area contributed by atoms with Crippen LogP contribution in [0.1, 0.15) is 31.2 Å². The number of hydrogen-bond acceptors (Lipinski definition) is 8. The molecule has 1 aromatic heterocycles. The fraction of sp³-hybridized carbons (Fsp3) is 0.571. The van der Waals surface area contributed by atoms with Gasteiger partial charge in [0.2, 0.25) is 5.91 Å². The zero-order chi connectivity index (χ0) is 17.4. The molecule has 0 bridgehead atoms. The normalized spacial score (nSPS) is 24.6. The maximum Gasteiger partial charge on any atom is 0.352 e. The summed E-state index contributed by atoms with van der Waals surface area (Å²) in [7, 11) is 0. The molecule has 0 saturated carbocycles. The summed E-state index contributed by atoms with van der Waals surface area (Å²) in [6.07, 6.45) is 1.00. The summed E-state index contributed by atoms with van der Waals surface area (Å²) in [4.78, 5) is 24.8. The summed E-state index contributed by atoms with van der Waals surface area (Å²) in [5.41, 5.74) is 6.56. The van der Waals surface area contributed by atoms with Gasteiger partial charge < -0.3 is 10.8 Å². The second-order valence-corrected chi connectivity index (χ2v) is 9.03. The molecule has 2 aliphatic heterocycles. The zero-order valence-corrected chi connectivity index (χ0v) is 15.7. The Hall–Kier alpha value is -1.10. The van der Waals surface area contributed by atoms with Crippen molar-refractivity contribution < 1.29 is 14.7 Å². The lowest BCUT2D eigenvalue weighted by atomic mass is 10.0. The molecule has 0 aliphatic carbocycles. The molecule has 3 rings (SSSR count). The van der Waals surface area contributed by atoms with E-state index in [1.807, 2.05) is 0 Å². The fourth-order valence-electron chi connectivity index (χ4n) is 2.49. The number of carbonyl (C=O) groups is 2. The van der Waals surface area contributed by atoms with E-state index in [4.69, 9.17) is 5.73 Å². The molecule has 3 N–H and O–H groups in total. The number of carbonyl (C=O) groups excluding carboxylic acids is 1. The van der Waals surface area contributed by atoms with Gasteiger partial charge in [0.25, 0.3) is 0 Å². The number of thioether (sulfide) groups is 2. The Balaban J connectivity index is 1.74. The highest BCUT2D eigenvalue weighted by Crippen LogP contribution is 2.41. The zero-order valence-electron chi connectivity index (χ0n) is 13.3. The molecule has 7 nitrogen and oxygen atoms in total. The van der Waals surface area contributed by atoms with E-state index in [1.165, 1.54) is 28.4 Å². The van der Waals surface area contributed by atoms with E-state index in [-0.39, 0.29) is 17.0 Å². The van der Waals surface area contributed by atoms with Gasteiger partial charge >= 0.3 is 5.97 Å². The molecule has 1 aromatic rings. The van der Waals surface area contributed by atoms with Crippen LogP contribution in [0.2, 0.25) is 0 Å². The number of nitrogens with two attached hydrogens (primary N) is 1. The van der Waals surface area contributed by atoms with Crippen LogP contribution >= 0.6 is 34.9 Å². The Morgan fingerprint density at radius 1 is 1.54 bits per heavy atom. The first-order valence-electron chi connectivity index (χ1n) is 7.55. The lowest BCUT2D eigenvalue weighted by Gasteiger charge is -2.48. The van der Waals surface area contributed by atoms with Gasteiger partial charge in [-0.05, 0) is 12.0 Å². The summed E-state index contributed by atoms with van der Waals surface area (Å²) in [6, 6.07) is -0.597. The Labute approximate surface area is 152 Å². The first-order chi connectivity index (χ1) is 11.4. The first-order valence-corrected chi connectivity index (χ1v) is 10.4. The largest absolute Gasteiger partial charge is 0.477 e. The average Bonchev–Trinajstić information content (AvgIpc) is 3.06. The number of β-lactam (4-membered cyclic amide) rings is 1. The minimum absolute atomic E-state index is 0.0876. The van der Waals surface area contributed by atoms with Crippen LogP contribution in [-0.4, -0.2) is 55.0 Å². The third-order valence-electron chi connectivity index (χ3n) is 4.12. The fourth-order valence-corrected chi connectivity index (χ4v) is 5.93. The molecule has 1 fully saturated rings. The molecule has 10 heteroatoms. The van der Waals surface area contributed by atoms with Gasteiger partial charge in [0.1, 0.15) is 22.1 Å². The van der Waals surface area contributed by atoms with Gasteiger partial charge in [0.05, 0.1) is 0 Å². The standard InChI is InChI=1S/C14H18N4O3S3/c1-3-6(2)10-16-17-14(24-10)23-5-7-4-22-12-8(15)11(19)18(12)9(7)13(20)21/h6,8,12H,3-5,15H2,1-2H3,(H,20,21)/t6-,8?,12?/m0/s1. The van der Waals surface area contributed by atoms with Crippen molar-refractivity contribution in [3.63, 3.8) is 0 Å². The molecule has 3 atom stereocenters. The maximum absolute atomic E-state index is 11.9. The van der Waals surface area contributed by atoms with E-state index in [9.17, 15) is 14.7 Å². The number of aromatic nitrogens is 2. The Morgan fingerprint density at radius 2 is 2.29 bits per heavy atom. The Morgan fingerprint density at radius 3 is 2.96 bits per heavy atom. The minimum Gasteiger partial charge on any atom is -0.477 e. The smallest absolute Gasteiger partial charge is 0.352 e. The number of hydrogen-bond donors (Lipinski definition) is 2. The van der Waals surface area contributed by atoms with Gasteiger partial charge in [-0.1, -0.05) is 36.9 Å². The van der Waals surface area contributed by atoms with E-state index in [1.54, 1.807) is 11.3 Å². The van der Waals surface area contributed by atoms with E-state index in [0.29, 0.717) is 17.4 Å². The molecule has 2 unspecified atom stereocenters. The maximum atomic E-state index is 11.9. The third kappa shape index (κ3) is 3.07. The summed E-state index contributed by atoms with van der Waals surface area (Å²) in [5, 5.41) is 18.6. The summed E-state index contributed by atoms with van der Waals surface area (Å²) in [6.45, 7) is 4.21. The highest BCUT2D eigenvalue weighted by molar-refractivity contribution is 8.01. The van der Waals surface area contributed by atoms with Crippen molar-refractivity contribution in [2.24, 2.45) is 5.73 Å². The number of rotatable bonds is 6. The van der Waals surface area contributed by atoms with Gasteiger partial charge in [0, 0.05) is 17.4 Å². The summed E-state index contributed by atoms with van der Waals surface area (Å²) in [5.74, 6) is 0.0242. The van der Waals surface area contributed by atoms with Gasteiger partial charge in [-0.25, -0.2) is 4.79 Å². The van der Waals surface area contributed by atoms with Crippen molar-refractivity contribution in [1.82, 2.24) is 15.1 Å². The highest BCUT2D eigenvalue weighted by Gasteiger charge is 2.51. The lowest BCUT2D eigenvalue weighted by Crippen LogP contribution is -2.68. The minimum atomic E-state index is -1.08. The highest BCUT2D eigenvalue weighted by atomic mass is 32.2. The molecular formula is C14H18N4O3S3. The number of fused-ring (bicyclic) bond motifs is 1. The van der Waals surface area contributed by atoms with E-state index < -0.39 is 12.0 Å². The second kappa shape index (κ2) is 7.03. The number of aliphatic carboxylic acids is 1. The van der Waals surface area contributed by atoms with Gasteiger partial charge in [0.15, 0.2) is 4.34 Å². The number of carboxylic acids is 1. The predicted octanol–water partition coefficient (Wildman–Crippen LogP) is 1.72. The topological polar surface area (TPSA) is 109 Å². The molecule has 2 aliphatic rings. The van der Waals surface area contributed by atoms with Crippen molar-refractivity contribution in [3.8, 4) is 0 Å².